The second-order valence-electron chi connectivity index (χ2n) is 16.0. The Morgan fingerprint density at radius 1 is 0.406 bits per heavy atom. The van der Waals surface area contributed by atoms with Crippen LogP contribution >= 0.6 is 24.0 Å². The van der Waals surface area contributed by atoms with E-state index >= 15 is 0 Å². The van der Waals surface area contributed by atoms with Gasteiger partial charge in [-0.2, -0.15) is 0 Å². The average molecular weight is 923 g/mol. The molecule has 352 valence electrons. The maximum atomic E-state index is 5.76. The number of rotatable bonds is 17. The van der Waals surface area contributed by atoms with Crippen LogP contribution in [-0.2, 0) is 32.1 Å². The lowest BCUT2D eigenvalue weighted by Gasteiger charge is -2.29. The fourth-order valence-corrected chi connectivity index (χ4v) is 7.76. The van der Waals surface area contributed by atoms with Crippen molar-refractivity contribution in [1.82, 2.24) is 34.7 Å². The van der Waals surface area contributed by atoms with E-state index in [1.54, 1.807) is 34.6 Å². The molecular weight excluding hydrogens is 850 g/mol. The standard InChI is InChI=1S/C38H52N6O3.C9H12ClNO.C2H8N2.ClH/c1-23-15-39-32(28(6)27(23)5)19-43(20-33-29(7)36(45-10)24(2)16-40-33)13-14-44(21-34-30(8)37(46-11)25(3)17-41-34)22-35-31(9)38(47-12)26(4)18-42-35;1-6-5-11-8(4-10)7(2)9(6)12-3;3-1-2-4;/h15-18H,13-14,19-22H2,1-12H3;5H,4H2,1-3H3;1-4H2;1H. The van der Waals surface area contributed by atoms with Crippen molar-refractivity contribution < 1.29 is 18.9 Å². The van der Waals surface area contributed by atoms with Gasteiger partial charge in [-0.05, 0) is 92.9 Å². The van der Waals surface area contributed by atoms with E-state index in [2.05, 4.69) is 56.3 Å². The van der Waals surface area contributed by atoms with Crippen LogP contribution in [0.4, 0.5) is 0 Å². The van der Waals surface area contributed by atoms with Gasteiger partial charge in [0.15, 0.2) is 0 Å². The Morgan fingerprint density at radius 2 is 0.656 bits per heavy atom. The molecule has 0 aliphatic heterocycles. The van der Waals surface area contributed by atoms with Crippen LogP contribution in [0.2, 0.25) is 0 Å². The molecule has 5 aromatic rings. The van der Waals surface area contributed by atoms with Crippen LogP contribution in [0.15, 0.2) is 31.0 Å². The first-order valence-electron chi connectivity index (χ1n) is 21.3. The summed E-state index contributed by atoms with van der Waals surface area (Å²) in [6.45, 7) is 28.1. The quantitative estimate of drug-likeness (QED) is 0.0856. The summed E-state index contributed by atoms with van der Waals surface area (Å²) in [6, 6.07) is 0. The lowest BCUT2D eigenvalue weighted by Crippen LogP contribution is -2.35. The Kier molecular flexibility index (Phi) is 23.4. The number of pyridine rings is 5. The van der Waals surface area contributed by atoms with E-state index in [1.165, 1.54) is 16.7 Å². The normalized spacial score (nSPS) is 10.8. The highest BCUT2D eigenvalue weighted by molar-refractivity contribution is 6.17. The van der Waals surface area contributed by atoms with Crippen molar-refractivity contribution in [2.24, 2.45) is 11.5 Å². The van der Waals surface area contributed by atoms with Gasteiger partial charge in [-0.1, -0.05) is 0 Å². The maximum Gasteiger partial charge on any atom is 0.128 e. The van der Waals surface area contributed by atoms with E-state index in [0.29, 0.717) is 45.1 Å². The van der Waals surface area contributed by atoms with E-state index in [4.69, 9.17) is 62.0 Å². The largest absolute Gasteiger partial charge is 0.496 e. The SMILES string of the molecule is COc1c(C)cnc(CCl)c1C.COc1c(C)cnc(CN(CCN(Cc2ncc(C)c(OC)c2C)Cc2ncc(C)c(OC)c2C)Cc2ncc(C)c(C)c2C)c1C.Cl.NCCN. The first-order chi connectivity index (χ1) is 30.0. The summed E-state index contributed by atoms with van der Waals surface area (Å²) < 4.78 is 22.5. The van der Waals surface area contributed by atoms with E-state index in [-0.39, 0.29) is 12.4 Å². The molecule has 64 heavy (non-hydrogen) atoms. The topological polar surface area (TPSA) is 160 Å². The lowest BCUT2D eigenvalue weighted by molar-refractivity contribution is 0.176. The fourth-order valence-electron chi connectivity index (χ4n) is 7.50. The third kappa shape index (κ3) is 14.4. The van der Waals surface area contributed by atoms with Crippen LogP contribution in [0, 0.1) is 76.2 Å². The molecule has 0 unspecified atom stereocenters. The van der Waals surface area contributed by atoms with Gasteiger partial charge in [0.05, 0.1) is 62.8 Å². The Bertz CT molecular complexity index is 2210. The van der Waals surface area contributed by atoms with Gasteiger partial charge in [-0.15, -0.1) is 24.0 Å². The Labute approximate surface area is 394 Å². The van der Waals surface area contributed by atoms with Crippen molar-refractivity contribution >= 4 is 24.0 Å². The van der Waals surface area contributed by atoms with Crippen molar-refractivity contribution in [3.63, 3.8) is 0 Å². The molecule has 0 amide bonds. The number of aryl methyl sites for hydroxylation is 5. The van der Waals surface area contributed by atoms with Crippen LogP contribution in [-0.4, -0.2) is 89.3 Å². The number of halogens is 2. The first kappa shape index (κ1) is 55.5. The zero-order chi connectivity index (χ0) is 47.0. The molecule has 0 fully saturated rings. The van der Waals surface area contributed by atoms with Crippen LogP contribution in [0.5, 0.6) is 23.0 Å². The summed E-state index contributed by atoms with van der Waals surface area (Å²) in [5.74, 6) is 3.98. The molecule has 5 aromatic heterocycles. The van der Waals surface area contributed by atoms with Crippen LogP contribution in [0.1, 0.15) is 89.7 Å². The van der Waals surface area contributed by atoms with Crippen molar-refractivity contribution in [2.45, 2.75) is 108 Å². The molecule has 0 aliphatic rings. The van der Waals surface area contributed by atoms with Gasteiger partial charge in [-0.3, -0.25) is 34.7 Å². The summed E-state index contributed by atoms with van der Waals surface area (Å²) in [5, 5.41) is 0. The van der Waals surface area contributed by atoms with E-state index in [9.17, 15) is 0 Å². The molecule has 0 aromatic carbocycles. The molecule has 0 aliphatic carbocycles. The van der Waals surface area contributed by atoms with Crippen molar-refractivity contribution in [2.75, 3.05) is 54.6 Å². The monoisotopic (exact) mass is 922 g/mol. The van der Waals surface area contributed by atoms with Crippen LogP contribution in [0.3, 0.4) is 0 Å². The van der Waals surface area contributed by atoms with E-state index in [1.807, 2.05) is 59.4 Å². The molecule has 5 heterocycles. The summed E-state index contributed by atoms with van der Waals surface area (Å²) in [6.07, 6.45) is 9.47. The summed E-state index contributed by atoms with van der Waals surface area (Å²) in [4.78, 5) is 28.5. The highest BCUT2D eigenvalue weighted by Gasteiger charge is 2.21. The number of aromatic nitrogens is 5. The number of hydrogen-bond donors (Lipinski definition) is 2. The highest BCUT2D eigenvalue weighted by atomic mass is 35.5. The highest BCUT2D eigenvalue weighted by Crippen LogP contribution is 2.29. The number of methoxy groups -OCH3 is 4. The third-order valence-corrected chi connectivity index (χ3v) is 11.8. The Hall–Kier alpha value is -4.63. The zero-order valence-electron chi connectivity index (χ0n) is 41.0. The number of alkyl halides is 1. The molecule has 0 radical (unpaired) electrons. The van der Waals surface area contributed by atoms with Crippen LogP contribution in [0.25, 0.3) is 0 Å². The van der Waals surface area contributed by atoms with Gasteiger partial charge in [0, 0.05) is 128 Å². The van der Waals surface area contributed by atoms with Gasteiger partial charge in [0.1, 0.15) is 23.0 Å². The molecule has 0 spiro atoms. The maximum absolute atomic E-state index is 5.76. The Morgan fingerprint density at radius 3 is 0.922 bits per heavy atom. The molecule has 5 rings (SSSR count). The van der Waals surface area contributed by atoms with Gasteiger partial charge in [0.25, 0.3) is 0 Å². The average Bonchev–Trinajstić information content (AvgIpc) is 3.26. The molecule has 13 nitrogen and oxygen atoms in total. The zero-order valence-corrected chi connectivity index (χ0v) is 42.5. The van der Waals surface area contributed by atoms with Gasteiger partial charge in [-0.25, -0.2) is 0 Å². The van der Waals surface area contributed by atoms with Crippen molar-refractivity contribution in [3.8, 4) is 23.0 Å². The fraction of sp³-hybridized carbons (Fsp3) is 0.490. The molecule has 0 atom stereocenters. The first-order valence-corrected chi connectivity index (χ1v) is 21.8. The van der Waals surface area contributed by atoms with E-state index in [0.717, 1.165) is 109 Å². The predicted octanol–water partition coefficient (Wildman–Crippen LogP) is 8.54. The summed E-state index contributed by atoms with van der Waals surface area (Å²) in [5.41, 5.74) is 26.8. The number of nitrogens with zero attached hydrogens (tertiary/aromatic N) is 7. The molecule has 0 saturated heterocycles. The molecule has 4 N–H and O–H groups in total. The third-order valence-electron chi connectivity index (χ3n) is 11.5. The summed E-state index contributed by atoms with van der Waals surface area (Å²) in [7, 11) is 6.83. The molecule has 0 saturated carbocycles. The molecule has 0 bridgehead atoms. The molecular formula is C49H73Cl2N9O4. The lowest BCUT2D eigenvalue weighted by atomic mass is 10.0. The Balaban J connectivity index is 0.000000698. The summed E-state index contributed by atoms with van der Waals surface area (Å²) >= 11 is 5.70. The van der Waals surface area contributed by atoms with Crippen molar-refractivity contribution in [3.05, 3.63) is 121 Å². The second kappa shape index (κ2) is 27.0. The number of nitrogens with two attached hydrogens (primary N) is 2. The minimum Gasteiger partial charge on any atom is -0.496 e. The minimum atomic E-state index is 0. The molecule has 15 heteroatoms. The van der Waals surface area contributed by atoms with E-state index < -0.39 is 0 Å². The second-order valence-corrected chi connectivity index (χ2v) is 16.2. The number of ether oxygens (including phenoxy) is 4. The smallest absolute Gasteiger partial charge is 0.128 e. The predicted molar refractivity (Wildman–Crippen MR) is 263 cm³/mol. The minimum absolute atomic E-state index is 0. The van der Waals surface area contributed by atoms with Crippen LogP contribution < -0.4 is 30.4 Å². The van der Waals surface area contributed by atoms with Gasteiger partial charge in [0.2, 0.25) is 0 Å². The van der Waals surface area contributed by atoms with Gasteiger partial charge >= 0.3 is 0 Å². The van der Waals surface area contributed by atoms with Crippen molar-refractivity contribution in [1.29, 1.82) is 0 Å². The number of hydrogen-bond acceptors (Lipinski definition) is 13. The van der Waals surface area contributed by atoms with Gasteiger partial charge < -0.3 is 30.4 Å².